The molecule has 0 aliphatic rings. The van der Waals surface area contributed by atoms with Crippen LogP contribution in [0.15, 0.2) is 30.3 Å². The molecule has 2 aromatic rings. The number of aromatic nitrogens is 1. The average molecular weight is 256 g/mol. The summed E-state index contributed by atoms with van der Waals surface area (Å²) in [7, 11) is 1.85. The van der Waals surface area contributed by atoms with Crippen molar-refractivity contribution in [2.75, 3.05) is 13.6 Å². The molecule has 3 nitrogen and oxygen atoms in total. The fraction of sp³-hybridized carbons (Fsp3) is 0.375. The second-order valence-electron chi connectivity index (χ2n) is 4.89. The van der Waals surface area contributed by atoms with E-state index in [9.17, 15) is 4.79 Å². The fourth-order valence-electron chi connectivity index (χ4n) is 2.13. The summed E-state index contributed by atoms with van der Waals surface area (Å²) >= 11 is 0. The van der Waals surface area contributed by atoms with Gasteiger partial charge in [-0.3, -0.25) is 9.78 Å². The number of rotatable bonds is 4. The van der Waals surface area contributed by atoms with E-state index in [0.29, 0.717) is 5.56 Å². The Morgan fingerprint density at radius 3 is 2.79 bits per heavy atom. The quantitative estimate of drug-likeness (QED) is 0.839. The Morgan fingerprint density at radius 2 is 2.05 bits per heavy atom. The summed E-state index contributed by atoms with van der Waals surface area (Å²) in [5, 5.41) is 1.01. The molecule has 0 radical (unpaired) electrons. The van der Waals surface area contributed by atoms with Gasteiger partial charge >= 0.3 is 0 Å². The molecule has 0 N–H and O–H groups in total. The number of hydrogen-bond donors (Lipinski definition) is 0. The van der Waals surface area contributed by atoms with Gasteiger partial charge in [-0.25, -0.2) is 0 Å². The Kier molecular flexibility index (Phi) is 4.15. The highest BCUT2D eigenvalue weighted by atomic mass is 16.2. The standard InChI is InChI=1S/C16H20N2O/c1-4-5-10-18(3)16(19)14-11-13-8-6-7-9-15(13)17-12(14)2/h6-9,11H,4-5,10H2,1-3H3. The van der Waals surface area contributed by atoms with Gasteiger partial charge in [0.15, 0.2) is 0 Å². The highest BCUT2D eigenvalue weighted by Crippen LogP contribution is 2.17. The first-order valence-corrected chi connectivity index (χ1v) is 6.75. The lowest BCUT2D eigenvalue weighted by atomic mass is 10.1. The fourth-order valence-corrected chi connectivity index (χ4v) is 2.13. The molecule has 1 heterocycles. The van der Waals surface area contributed by atoms with Crippen molar-refractivity contribution in [3.8, 4) is 0 Å². The van der Waals surface area contributed by atoms with Gasteiger partial charge in [-0.15, -0.1) is 0 Å². The second kappa shape index (κ2) is 5.83. The van der Waals surface area contributed by atoms with Crippen molar-refractivity contribution in [3.05, 3.63) is 41.6 Å². The van der Waals surface area contributed by atoms with Crippen LogP contribution in [0.3, 0.4) is 0 Å². The van der Waals surface area contributed by atoms with E-state index in [4.69, 9.17) is 0 Å². The van der Waals surface area contributed by atoms with Gasteiger partial charge in [-0.05, 0) is 25.5 Å². The Hall–Kier alpha value is -1.90. The van der Waals surface area contributed by atoms with Gasteiger partial charge < -0.3 is 4.90 Å². The smallest absolute Gasteiger partial charge is 0.255 e. The number of unbranched alkanes of at least 4 members (excludes halogenated alkanes) is 1. The van der Waals surface area contributed by atoms with Crippen molar-refractivity contribution >= 4 is 16.8 Å². The average Bonchev–Trinajstić information content (AvgIpc) is 2.43. The highest BCUT2D eigenvalue weighted by molar-refractivity contribution is 5.98. The maximum absolute atomic E-state index is 12.4. The van der Waals surface area contributed by atoms with Gasteiger partial charge in [0.2, 0.25) is 0 Å². The molecular formula is C16H20N2O. The Labute approximate surface area is 114 Å². The topological polar surface area (TPSA) is 33.2 Å². The largest absolute Gasteiger partial charge is 0.342 e. The van der Waals surface area contributed by atoms with Crippen LogP contribution in [0.2, 0.25) is 0 Å². The SMILES string of the molecule is CCCCN(C)C(=O)c1cc2ccccc2nc1C. The van der Waals surface area contributed by atoms with Crippen molar-refractivity contribution in [3.63, 3.8) is 0 Å². The first-order valence-electron chi connectivity index (χ1n) is 6.75. The molecule has 1 amide bonds. The number of aryl methyl sites for hydroxylation is 1. The molecule has 0 bridgehead atoms. The lowest BCUT2D eigenvalue weighted by Crippen LogP contribution is -2.28. The van der Waals surface area contributed by atoms with Crippen molar-refractivity contribution in [1.29, 1.82) is 0 Å². The molecule has 3 heteroatoms. The number of carbonyl (C=O) groups is 1. The van der Waals surface area contributed by atoms with Crippen LogP contribution in [0, 0.1) is 6.92 Å². The van der Waals surface area contributed by atoms with E-state index in [2.05, 4.69) is 11.9 Å². The van der Waals surface area contributed by atoms with Gasteiger partial charge in [-0.2, -0.15) is 0 Å². The summed E-state index contributed by atoms with van der Waals surface area (Å²) in [6, 6.07) is 9.84. The number of pyridine rings is 1. The molecule has 0 atom stereocenters. The van der Waals surface area contributed by atoms with Crippen LogP contribution >= 0.6 is 0 Å². The molecule has 0 saturated carbocycles. The molecule has 19 heavy (non-hydrogen) atoms. The van der Waals surface area contributed by atoms with Crippen LogP contribution in [0.25, 0.3) is 10.9 Å². The summed E-state index contributed by atoms with van der Waals surface area (Å²) in [5.74, 6) is 0.0594. The van der Waals surface area contributed by atoms with Crippen LogP contribution in [0.4, 0.5) is 0 Å². The summed E-state index contributed by atoms with van der Waals surface area (Å²) in [4.78, 5) is 18.7. The first-order chi connectivity index (χ1) is 9.13. The minimum absolute atomic E-state index is 0.0594. The molecule has 1 aromatic carbocycles. The minimum Gasteiger partial charge on any atom is -0.342 e. The van der Waals surface area contributed by atoms with Crippen molar-refractivity contribution in [2.24, 2.45) is 0 Å². The van der Waals surface area contributed by atoms with Crippen molar-refractivity contribution in [1.82, 2.24) is 9.88 Å². The molecule has 0 aliphatic heterocycles. The van der Waals surface area contributed by atoms with Gasteiger partial charge in [0.05, 0.1) is 16.8 Å². The first kappa shape index (κ1) is 13.5. The number of hydrogen-bond acceptors (Lipinski definition) is 2. The third-order valence-electron chi connectivity index (χ3n) is 3.34. The zero-order valence-corrected chi connectivity index (χ0v) is 11.8. The second-order valence-corrected chi connectivity index (χ2v) is 4.89. The molecular weight excluding hydrogens is 236 g/mol. The van der Waals surface area contributed by atoms with Gasteiger partial charge in [0, 0.05) is 19.0 Å². The zero-order valence-electron chi connectivity index (χ0n) is 11.8. The molecule has 2 rings (SSSR count). The van der Waals surface area contributed by atoms with E-state index in [1.165, 1.54) is 0 Å². The normalized spacial score (nSPS) is 10.7. The summed E-state index contributed by atoms with van der Waals surface area (Å²) < 4.78 is 0. The summed E-state index contributed by atoms with van der Waals surface area (Å²) in [5.41, 5.74) is 2.44. The van der Waals surface area contributed by atoms with Crippen LogP contribution in [-0.4, -0.2) is 29.4 Å². The maximum Gasteiger partial charge on any atom is 0.255 e. The third kappa shape index (κ3) is 2.92. The van der Waals surface area contributed by atoms with E-state index in [0.717, 1.165) is 36.0 Å². The van der Waals surface area contributed by atoms with E-state index in [-0.39, 0.29) is 5.91 Å². The van der Waals surface area contributed by atoms with Crippen LogP contribution < -0.4 is 0 Å². The van der Waals surface area contributed by atoms with Crippen molar-refractivity contribution in [2.45, 2.75) is 26.7 Å². The van der Waals surface area contributed by atoms with E-state index < -0.39 is 0 Å². The predicted octanol–water partition coefficient (Wildman–Crippen LogP) is 3.42. The number of amides is 1. The molecule has 0 aliphatic carbocycles. The molecule has 0 spiro atoms. The molecule has 0 unspecified atom stereocenters. The summed E-state index contributed by atoms with van der Waals surface area (Å²) in [6.45, 7) is 4.82. The molecule has 1 aromatic heterocycles. The lowest BCUT2D eigenvalue weighted by Gasteiger charge is -2.18. The number of nitrogens with zero attached hydrogens (tertiary/aromatic N) is 2. The van der Waals surface area contributed by atoms with Crippen LogP contribution in [0.1, 0.15) is 35.8 Å². The van der Waals surface area contributed by atoms with Crippen LogP contribution in [-0.2, 0) is 0 Å². The Morgan fingerprint density at radius 1 is 1.32 bits per heavy atom. The number of carbonyl (C=O) groups excluding carboxylic acids is 1. The zero-order chi connectivity index (χ0) is 13.8. The van der Waals surface area contributed by atoms with Gasteiger partial charge in [-0.1, -0.05) is 31.5 Å². The predicted molar refractivity (Wildman–Crippen MR) is 78.3 cm³/mol. The number of benzene rings is 1. The molecule has 0 fully saturated rings. The van der Waals surface area contributed by atoms with Gasteiger partial charge in [0.1, 0.15) is 0 Å². The van der Waals surface area contributed by atoms with Crippen molar-refractivity contribution < 1.29 is 4.79 Å². The Balaban J connectivity index is 2.33. The number of fused-ring (bicyclic) bond motifs is 1. The highest BCUT2D eigenvalue weighted by Gasteiger charge is 2.15. The van der Waals surface area contributed by atoms with E-state index in [1.54, 1.807) is 4.90 Å². The monoisotopic (exact) mass is 256 g/mol. The molecule has 0 saturated heterocycles. The Bertz CT molecular complexity index is 592. The molecule has 100 valence electrons. The van der Waals surface area contributed by atoms with E-state index >= 15 is 0 Å². The third-order valence-corrected chi connectivity index (χ3v) is 3.34. The van der Waals surface area contributed by atoms with Crippen LogP contribution in [0.5, 0.6) is 0 Å². The maximum atomic E-state index is 12.4. The number of para-hydroxylation sites is 1. The lowest BCUT2D eigenvalue weighted by molar-refractivity contribution is 0.0792. The minimum atomic E-state index is 0.0594. The van der Waals surface area contributed by atoms with Gasteiger partial charge in [0.25, 0.3) is 5.91 Å². The van der Waals surface area contributed by atoms with E-state index in [1.807, 2.05) is 44.3 Å². The summed E-state index contributed by atoms with van der Waals surface area (Å²) in [6.07, 6.45) is 2.12.